The normalized spacial score (nSPS) is 12.9. The molecule has 0 aliphatic carbocycles. The van der Waals surface area contributed by atoms with Crippen LogP contribution >= 0.6 is 19.4 Å². The van der Waals surface area contributed by atoms with Gasteiger partial charge in [0.25, 0.3) is 10.0 Å². The molecule has 0 fully saturated rings. The highest BCUT2D eigenvalue weighted by Gasteiger charge is 2.44. The number of benzene rings is 2. The zero-order valence-electron chi connectivity index (χ0n) is 21.9. The van der Waals surface area contributed by atoms with E-state index in [1.807, 2.05) is 4.72 Å². The smallest absolute Gasteiger partial charge is 0.419 e. The Morgan fingerprint density at radius 3 is 2.26 bits per heavy atom. The maximum absolute atomic E-state index is 14.6. The summed E-state index contributed by atoms with van der Waals surface area (Å²) in [6.45, 7) is -0.276. The van der Waals surface area contributed by atoms with E-state index >= 15 is 0 Å². The molecule has 43 heavy (non-hydrogen) atoms. The van der Waals surface area contributed by atoms with Crippen LogP contribution in [0.4, 0.5) is 13.2 Å². The first kappa shape index (κ1) is 33.5. The maximum atomic E-state index is 14.6. The van der Waals surface area contributed by atoms with Gasteiger partial charge >= 0.3 is 6.18 Å². The summed E-state index contributed by atoms with van der Waals surface area (Å²) in [5, 5.41) is 15.9. The van der Waals surface area contributed by atoms with Gasteiger partial charge in [0.2, 0.25) is 8.03 Å². The number of ether oxygens (including phenoxy) is 2. The van der Waals surface area contributed by atoms with Gasteiger partial charge in [-0.2, -0.15) is 23.2 Å². The number of fused-ring (bicyclic) bond motifs is 1. The first-order valence-corrected chi connectivity index (χ1v) is 15.9. The van der Waals surface area contributed by atoms with Gasteiger partial charge in [0.15, 0.2) is 11.5 Å². The molecule has 0 radical (unpaired) electrons. The fourth-order valence-corrected chi connectivity index (χ4v) is 8.06. The van der Waals surface area contributed by atoms with Crippen molar-refractivity contribution < 1.29 is 40.5 Å². The lowest BCUT2D eigenvalue weighted by Crippen LogP contribution is -2.28. The number of nitrogens with zero attached hydrogens (tertiary/aromatic N) is 7. The van der Waals surface area contributed by atoms with Crippen molar-refractivity contribution in [1.29, 1.82) is 5.26 Å². The van der Waals surface area contributed by atoms with Crippen LogP contribution < -0.4 is 14.2 Å². The van der Waals surface area contributed by atoms with Gasteiger partial charge in [-0.05, 0) is 29.5 Å². The quantitative estimate of drug-likeness (QED) is 0.0614. The van der Waals surface area contributed by atoms with Crippen LogP contribution in [0.5, 0.6) is 11.5 Å². The highest BCUT2D eigenvalue weighted by molar-refractivity contribution is 7.92. The summed E-state index contributed by atoms with van der Waals surface area (Å²) in [5.74, 6) is -2.31. The summed E-state index contributed by atoms with van der Waals surface area (Å²) in [6, 6.07) is 9.92. The molecule has 0 amide bonds. The molecule has 0 aliphatic rings. The molecule has 2 aromatic carbocycles. The second kappa shape index (κ2) is 14.9. The molecule has 2 N–H and O–H groups in total. The number of rotatable bonds is 15. The molecule has 0 spiro atoms. The van der Waals surface area contributed by atoms with E-state index in [1.165, 1.54) is 24.3 Å². The molecule has 0 saturated carbocycles. The van der Waals surface area contributed by atoms with Gasteiger partial charge < -0.3 is 14.4 Å². The second-order valence-electron chi connectivity index (χ2n) is 8.44. The summed E-state index contributed by atoms with van der Waals surface area (Å²) < 4.78 is 94.2. The summed E-state index contributed by atoms with van der Waals surface area (Å²) in [5.41, 5.74) is 14.6. The minimum absolute atomic E-state index is 0.0140. The van der Waals surface area contributed by atoms with Crippen molar-refractivity contribution in [3.63, 3.8) is 0 Å². The predicted octanol–water partition coefficient (Wildman–Crippen LogP) is 6.39. The molecule has 1 heterocycles. The van der Waals surface area contributed by atoms with Crippen LogP contribution in [-0.4, -0.2) is 39.6 Å². The minimum atomic E-state index is -5.29. The van der Waals surface area contributed by atoms with Gasteiger partial charge in [0.1, 0.15) is 21.6 Å². The minimum Gasteiger partial charge on any atom is -0.490 e. The van der Waals surface area contributed by atoms with Gasteiger partial charge in [-0.1, -0.05) is 40.6 Å². The van der Waals surface area contributed by atoms with Crippen molar-refractivity contribution in [2.45, 2.75) is 29.0 Å². The molecule has 2 atom stereocenters. The van der Waals surface area contributed by atoms with Gasteiger partial charge in [-0.15, -0.1) is 11.3 Å². The third kappa shape index (κ3) is 8.31. The average Bonchev–Trinajstić information content (AvgIpc) is 3.37. The number of nitrogens with one attached hydrogen (secondary N) is 1. The van der Waals surface area contributed by atoms with E-state index < -0.39 is 56.5 Å². The Labute approximate surface area is 246 Å². The maximum Gasteiger partial charge on any atom is 0.419 e. The molecule has 228 valence electrons. The third-order valence-corrected chi connectivity index (χ3v) is 9.85. The summed E-state index contributed by atoms with van der Waals surface area (Å²) >= 11 is 0.190. The van der Waals surface area contributed by atoms with Crippen molar-refractivity contribution >= 4 is 39.5 Å². The number of thiophene rings is 1. The monoisotopic (exact) mass is 658 g/mol. The van der Waals surface area contributed by atoms with Crippen molar-refractivity contribution in [2.75, 3.05) is 26.3 Å². The molecule has 0 saturated heterocycles. The predicted molar refractivity (Wildman–Crippen MR) is 151 cm³/mol. The van der Waals surface area contributed by atoms with Crippen LogP contribution in [0.3, 0.4) is 0 Å². The molecule has 14 nitrogen and oxygen atoms in total. The van der Waals surface area contributed by atoms with E-state index in [4.69, 9.17) is 20.5 Å². The van der Waals surface area contributed by atoms with Crippen LogP contribution in [0.2, 0.25) is 0 Å². The number of halogens is 3. The van der Waals surface area contributed by atoms with Crippen molar-refractivity contribution in [2.24, 2.45) is 10.2 Å². The number of hydrogen-bond donors (Lipinski definition) is 2. The Bertz CT molecular complexity index is 1740. The topological polar surface area (TPSA) is 223 Å². The Balaban J connectivity index is 2.21. The summed E-state index contributed by atoms with van der Waals surface area (Å²) in [6.07, 6.45) is -4.97. The number of hydrogen-bond acceptors (Lipinski definition) is 9. The molecule has 3 rings (SSSR count). The van der Waals surface area contributed by atoms with Crippen molar-refractivity contribution in [1.82, 2.24) is 4.72 Å². The average molecular weight is 659 g/mol. The largest absolute Gasteiger partial charge is 0.490 e. The molecular weight excluding hydrogens is 636 g/mol. The first-order valence-electron chi connectivity index (χ1n) is 12.1. The lowest BCUT2D eigenvalue weighted by molar-refractivity contribution is -0.138. The molecule has 1 aromatic heterocycles. The van der Waals surface area contributed by atoms with E-state index in [1.54, 1.807) is 12.1 Å². The van der Waals surface area contributed by atoms with Crippen molar-refractivity contribution in [3.05, 3.63) is 74.0 Å². The lowest BCUT2D eigenvalue weighted by atomic mass is 10.0. The standard InChI is InChI=1S/C23H22F3N8O6PS2/c24-23(25,26)19-18-15(13-27)20(40-11-5-9-31-34-29)16(39-10-4-8-30-33-28)12-17(18)42-22(19)43(37,38)32-21(41(35)36)14-6-2-1-3-7-14/h1-3,6-7,12,21,32,41H,4-5,8-11H2,(H,35,36). The number of sulfonamides is 1. The molecule has 2 unspecified atom stereocenters. The fraction of sp³-hybridized carbons (Fsp3) is 0.348. The van der Waals surface area contributed by atoms with Crippen LogP contribution in [0.1, 0.15) is 35.3 Å². The SMILES string of the molecule is N#Cc1c(OCCCN=[N+]=[N-])c(OCCCN=[N+]=[N-])cc2sc(S(=O)(=O)NC(c3ccccc3)[PH](=O)O)c(C(F)(F)F)c12. The molecular formula is C23H22F3N8O6PS2. The lowest BCUT2D eigenvalue weighted by Gasteiger charge is -2.17. The second-order valence-corrected chi connectivity index (χ2v) is 12.7. The van der Waals surface area contributed by atoms with Crippen molar-refractivity contribution in [3.8, 4) is 17.6 Å². The Morgan fingerprint density at radius 1 is 1.12 bits per heavy atom. The highest BCUT2D eigenvalue weighted by atomic mass is 32.2. The van der Waals surface area contributed by atoms with E-state index in [0.29, 0.717) is 0 Å². The fourth-order valence-electron chi connectivity index (χ4n) is 3.83. The summed E-state index contributed by atoms with van der Waals surface area (Å²) in [4.78, 5) is 15.0. The molecule has 0 bridgehead atoms. The van der Waals surface area contributed by atoms with E-state index in [9.17, 15) is 36.3 Å². The van der Waals surface area contributed by atoms with Gasteiger partial charge in [0.05, 0.1) is 18.8 Å². The molecule has 20 heteroatoms. The highest BCUT2D eigenvalue weighted by Crippen LogP contribution is 2.50. The Hall–Kier alpha value is -4.00. The Morgan fingerprint density at radius 2 is 1.72 bits per heavy atom. The van der Waals surface area contributed by atoms with E-state index in [-0.39, 0.29) is 66.5 Å². The Kier molecular flexibility index (Phi) is 11.6. The number of azide groups is 2. The molecule has 3 aromatic rings. The summed E-state index contributed by atoms with van der Waals surface area (Å²) in [7, 11) is -8.77. The van der Waals surface area contributed by atoms with Crippen LogP contribution in [0.25, 0.3) is 31.0 Å². The first-order chi connectivity index (χ1) is 20.5. The van der Waals surface area contributed by atoms with Gasteiger partial charge in [-0.25, -0.2) is 8.42 Å². The third-order valence-electron chi connectivity index (χ3n) is 5.59. The number of nitriles is 1. The molecule has 0 aliphatic heterocycles. The van der Waals surface area contributed by atoms with Crippen LogP contribution in [-0.2, 0) is 20.8 Å². The van der Waals surface area contributed by atoms with E-state index in [0.717, 1.165) is 6.07 Å². The van der Waals surface area contributed by atoms with Crippen LogP contribution in [0, 0.1) is 11.3 Å². The van der Waals surface area contributed by atoms with Crippen LogP contribution in [0.15, 0.2) is 50.8 Å². The number of alkyl halides is 3. The van der Waals surface area contributed by atoms with E-state index in [2.05, 4.69) is 20.1 Å². The zero-order chi connectivity index (χ0) is 31.6. The van der Waals surface area contributed by atoms with Gasteiger partial charge in [-0.3, -0.25) is 4.57 Å². The zero-order valence-corrected chi connectivity index (χ0v) is 24.5. The van der Waals surface area contributed by atoms with Gasteiger partial charge in [0, 0.05) is 39.1 Å².